The molecule has 0 atom stereocenters. The summed E-state index contributed by atoms with van der Waals surface area (Å²) in [5, 5.41) is 2.41. The quantitative estimate of drug-likeness (QED) is 0.690. The molecule has 2 heterocycles. The van der Waals surface area contributed by atoms with Gasteiger partial charge in [-0.05, 0) is 30.7 Å². The van der Waals surface area contributed by atoms with E-state index in [1.165, 1.54) is 27.5 Å². The minimum Gasteiger partial charge on any atom is -0.353 e. The first-order valence-electron chi connectivity index (χ1n) is 10.2. The van der Waals surface area contributed by atoms with Crippen LogP contribution in [0.2, 0.25) is 0 Å². The minimum absolute atomic E-state index is 0.305. The second kappa shape index (κ2) is 6.93. The molecule has 0 radical (unpaired) electrons. The van der Waals surface area contributed by atoms with Gasteiger partial charge in [-0.1, -0.05) is 54.1 Å². The normalized spacial score (nSPS) is 17.2. The number of benzene rings is 2. The summed E-state index contributed by atoms with van der Waals surface area (Å²) in [7, 11) is 0. The van der Waals surface area contributed by atoms with E-state index in [4.69, 9.17) is 4.98 Å². The Morgan fingerprint density at radius 1 is 0.929 bits per heavy atom. The number of piperazine rings is 1. The molecule has 2 aliphatic rings. The van der Waals surface area contributed by atoms with Crippen molar-refractivity contribution in [2.24, 2.45) is 5.92 Å². The molecule has 1 saturated carbocycles. The molecule has 0 unspecified atom stereocenters. The molecule has 3 aromatic rings. The average Bonchev–Trinajstić information content (AvgIpc) is 3.59. The van der Waals surface area contributed by atoms with E-state index in [9.17, 15) is 4.79 Å². The molecular weight excluding hydrogens is 346 g/mol. The van der Waals surface area contributed by atoms with Gasteiger partial charge in [0.25, 0.3) is 0 Å². The van der Waals surface area contributed by atoms with Crippen LogP contribution in [0.25, 0.3) is 21.9 Å². The highest BCUT2D eigenvalue weighted by Crippen LogP contribution is 2.34. The van der Waals surface area contributed by atoms with E-state index in [1.807, 2.05) is 11.1 Å². The van der Waals surface area contributed by atoms with Crippen molar-refractivity contribution in [3.8, 4) is 11.1 Å². The van der Waals surface area contributed by atoms with Crippen LogP contribution in [0.15, 0.2) is 54.7 Å². The molecule has 1 saturated heterocycles. The number of fused-ring (bicyclic) bond motifs is 1. The topological polar surface area (TPSA) is 36.4 Å². The smallest absolute Gasteiger partial charge is 0.225 e. The fourth-order valence-electron chi connectivity index (χ4n) is 4.12. The van der Waals surface area contributed by atoms with E-state index in [2.05, 4.69) is 60.4 Å². The lowest BCUT2D eigenvalue weighted by Gasteiger charge is -2.36. The van der Waals surface area contributed by atoms with Crippen molar-refractivity contribution < 1.29 is 4.79 Å². The molecule has 2 aromatic carbocycles. The maximum absolute atomic E-state index is 12.3. The highest BCUT2D eigenvalue weighted by Gasteiger charge is 2.34. The SMILES string of the molecule is Cc1ccc(-c2cnc(N3CCN(C(=O)C4CC4)CC3)c3ccccc23)cc1. The lowest BCUT2D eigenvalue weighted by molar-refractivity contribution is -0.132. The van der Waals surface area contributed by atoms with Gasteiger partial charge in [-0.3, -0.25) is 4.79 Å². The number of rotatable bonds is 3. The number of carbonyl (C=O) groups is 1. The molecule has 2 fully saturated rings. The fourth-order valence-corrected chi connectivity index (χ4v) is 4.12. The highest BCUT2D eigenvalue weighted by atomic mass is 16.2. The van der Waals surface area contributed by atoms with Crippen LogP contribution in [-0.2, 0) is 4.79 Å². The van der Waals surface area contributed by atoms with Crippen LogP contribution in [0.1, 0.15) is 18.4 Å². The van der Waals surface area contributed by atoms with E-state index >= 15 is 0 Å². The Hall–Kier alpha value is -2.88. The minimum atomic E-state index is 0.305. The Labute approximate surface area is 165 Å². The highest BCUT2D eigenvalue weighted by molar-refractivity contribution is 6.02. The van der Waals surface area contributed by atoms with Crippen LogP contribution in [-0.4, -0.2) is 42.0 Å². The van der Waals surface area contributed by atoms with Crippen molar-refractivity contribution >= 4 is 22.5 Å². The maximum Gasteiger partial charge on any atom is 0.225 e. The third-order valence-corrected chi connectivity index (χ3v) is 5.95. The van der Waals surface area contributed by atoms with Crippen molar-refractivity contribution in [3.63, 3.8) is 0 Å². The van der Waals surface area contributed by atoms with Crippen LogP contribution in [0.5, 0.6) is 0 Å². The van der Waals surface area contributed by atoms with Crippen LogP contribution in [0.3, 0.4) is 0 Å². The Morgan fingerprint density at radius 3 is 2.29 bits per heavy atom. The van der Waals surface area contributed by atoms with Gasteiger partial charge < -0.3 is 9.80 Å². The Bertz CT molecular complexity index is 1020. The van der Waals surface area contributed by atoms with Crippen LogP contribution < -0.4 is 4.90 Å². The van der Waals surface area contributed by atoms with Gasteiger partial charge >= 0.3 is 0 Å². The zero-order chi connectivity index (χ0) is 19.1. The van der Waals surface area contributed by atoms with E-state index < -0.39 is 0 Å². The zero-order valence-corrected chi connectivity index (χ0v) is 16.3. The molecule has 142 valence electrons. The number of pyridine rings is 1. The second-order valence-electron chi connectivity index (χ2n) is 7.99. The molecule has 28 heavy (non-hydrogen) atoms. The first kappa shape index (κ1) is 17.2. The third-order valence-electron chi connectivity index (χ3n) is 5.95. The van der Waals surface area contributed by atoms with Crippen molar-refractivity contribution in [2.45, 2.75) is 19.8 Å². The summed E-state index contributed by atoms with van der Waals surface area (Å²) in [5.74, 6) is 1.69. The van der Waals surface area contributed by atoms with Gasteiger partial charge in [0.05, 0.1) is 0 Å². The predicted octanol–water partition coefficient (Wildman–Crippen LogP) is 4.27. The first-order valence-corrected chi connectivity index (χ1v) is 10.2. The number of hydrogen-bond acceptors (Lipinski definition) is 3. The van der Waals surface area contributed by atoms with Crippen LogP contribution in [0.4, 0.5) is 5.82 Å². The number of hydrogen-bond donors (Lipinski definition) is 0. The number of nitrogens with zero attached hydrogens (tertiary/aromatic N) is 3. The lowest BCUT2D eigenvalue weighted by Crippen LogP contribution is -2.49. The zero-order valence-electron chi connectivity index (χ0n) is 16.3. The molecule has 4 nitrogen and oxygen atoms in total. The number of amides is 1. The molecule has 1 aromatic heterocycles. The van der Waals surface area contributed by atoms with Crippen molar-refractivity contribution in [3.05, 3.63) is 60.3 Å². The van der Waals surface area contributed by atoms with Crippen LogP contribution >= 0.6 is 0 Å². The van der Waals surface area contributed by atoms with E-state index in [0.717, 1.165) is 44.8 Å². The summed E-state index contributed by atoms with van der Waals surface area (Å²) < 4.78 is 0. The average molecular weight is 371 g/mol. The molecule has 0 spiro atoms. The van der Waals surface area contributed by atoms with Gasteiger partial charge in [-0.15, -0.1) is 0 Å². The number of anilines is 1. The van der Waals surface area contributed by atoms with E-state index in [-0.39, 0.29) is 0 Å². The molecule has 1 amide bonds. The van der Waals surface area contributed by atoms with Gasteiger partial charge in [-0.2, -0.15) is 0 Å². The van der Waals surface area contributed by atoms with Gasteiger partial charge in [0.2, 0.25) is 5.91 Å². The van der Waals surface area contributed by atoms with Crippen molar-refractivity contribution in [1.82, 2.24) is 9.88 Å². The van der Waals surface area contributed by atoms with E-state index in [0.29, 0.717) is 11.8 Å². The molecule has 0 N–H and O–H groups in total. The molecule has 1 aliphatic carbocycles. The van der Waals surface area contributed by atoms with E-state index in [1.54, 1.807) is 0 Å². The van der Waals surface area contributed by atoms with Gasteiger partial charge in [0, 0.05) is 49.2 Å². The summed E-state index contributed by atoms with van der Waals surface area (Å²) in [6.45, 7) is 5.39. The lowest BCUT2D eigenvalue weighted by atomic mass is 9.99. The van der Waals surface area contributed by atoms with Crippen LogP contribution in [0, 0.1) is 12.8 Å². The van der Waals surface area contributed by atoms with Gasteiger partial charge in [0.15, 0.2) is 0 Å². The molecular formula is C24H25N3O. The third kappa shape index (κ3) is 3.13. The maximum atomic E-state index is 12.3. The standard InChI is InChI=1S/C24H25N3O/c1-17-6-8-18(9-7-17)22-16-25-23(21-5-3-2-4-20(21)22)26-12-14-27(15-13-26)24(28)19-10-11-19/h2-9,16,19H,10-15H2,1H3. The number of carbonyl (C=O) groups excluding carboxylic acids is 1. The Balaban J connectivity index is 1.45. The summed E-state index contributed by atoms with van der Waals surface area (Å²) in [4.78, 5) is 21.6. The summed E-state index contributed by atoms with van der Waals surface area (Å²) in [6, 6.07) is 17.2. The van der Waals surface area contributed by atoms with Crippen molar-refractivity contribution in [2.75, 3.05) is 31.1 Å². The fraction of sp³-hybridized carbons (Fsp3) is 0.333. The monoisotopic (exact) mass is 371 g/mol. The molecule has 1 aliphatic heterocycles. The number of aromatic nitrogens is 1. The van der Waals surface area contributed by atoms with Gasteiger partial charge in [-0.25, -0.2) is 4.98 Å². The molecule has 4 heteroatoms. The first-order chi connectivity index (χ1) is 13.7. The summed E-state index contributed by atoms with van der Waals surface area (Å²) >= 11 is 0. The molecule has 5 rings (SSSR count). The Morgan fingerprint density at radius 2 is 1.61 bits per heavy atom. The number of aryl methyl sites for hydroxylation is 1. The molecule has 0 bridgehead atoms. The second-order valence-corrected chi connectivity index (χ2v) is 7.99. The van der Waals surface area contributed by atoms with Gasteiger partial charge in [0.1, 0.15) is 5.82 Å². The summed E-state index contributed by atoms with van der Waals surface area (Å²) in [5.41, 5.74) is 3.62. The predicted molar refractivity (Wildman–Crippen MR) is 113 cm³/mol. The Kier molecular flexibility index (Phi) is 4.27. The van der Waals surface area contributed by atoms with Crippen molar-refractivity contribution in [1.29, 1.82) is 0 Å². The largest absolute Gasteiger partial charge is 0.353 e. The summed E-state index contributed by atoms with van der Waals surface area (Å²) in [6.07, 6.45) is 4.15.